The van der Waals surface area contributed by atoms with E-state index in [1.54, 1.807) is 6.20 Å². The molecule has 0 bridgehead atoms. The highest BCUT2D eigenvalue weighted by Gasteiger charge is 2.16. The average molecular weight is 298 g/mol. The first-order valence-electron chi connectivity index (χ1n) is 5.89. The largest absolute Gasteiger partial charge is 0.481 e. The molecule has 106 valence electrons. The van der Waals surface area contributed by atoms with Crippen molar-refractivity contribution in [3.63, 3.8) is 0 Å². The van der Waals surface area contributed by atoms with Crippen molar-refractivity contribution in [1.82, 2.24) is 9.55 Å². The Morgan fingerprint density at radius 3 is 2.80 bits per heavy atom. The van der Waals surface area contributed by atoms with E-state index in [2.05, 4.69) is 4.98 Å². The van der Waals surface area contributed by atoms with Gasteiger partial charge in [-0.25, -0.2) is 13.8 Å². The molecule has 1 aromatic carbocycles. The van der Waals surface area contributed by atoms with Crippen LogP contribution in [0.4, 0.5) is 8.78 Å². The standard InChI is InChI=1S/C13H12F2N2O2S/c1-2-9-6-16-13(20-7-12(18)19)17(9)11-4-3-8(14)5-10(11)15/h3-6H,2,7H2,1H3,(H,18,19). The molecule has 0 amide bonds. The number of hydrogen-bond acceptors (Lipinski definition) is 3. The molecule has 0 spiro atoms. The van der Waals surface area contributed by atoms with Gasteiger partial charge in [0.2, 0.25) is 0 Å². The molecule has 0 aliphatic carbocycles. The number of aliphatic carboxylic acids is 1. The van der Waals surface area contributed by atoms with E-state index in [1.165, 1.54) is 10.6 Å². The third-order valence-corrected chi connectivity index (χ3v) is 3.58. The number of carboxylic acids is 1. The number of hydrogen-bond donors (Lipinski definition) is 1. The summed E-state index contributed by atoms with van der Waals surface area (Å²) in [6.45, 7) is 1.88. The maximum atomic E-state index is 13.9. The summed E-state index contributed by atoms with van der Waals surface area (Å²) in [5.74, 6) is -2.54. The highest BCUT2D eigenvalue weighted by atomic mass is 32.2. The maximum Gasteiger partial charge on any atom is 0.313 e. The summed E-state index contributed by atoms with van der Waals surface area (Å²) in [5, 5.41) is 9.08. The van der Waals surface area contributed by atoms with Gasteiger partial charge in [0.1, 0.15) is 11.6 Å². The lowest BCUT2D eigenvalue weighted by atomic mass is 10.2. The zero-order valence-electron chi connectivity index (χ0n) is 10.6. The first-order valence-corrected chi connectivity index (χ1v) is 6.88. The van der Waals surface area contributed by atoms with Gasteiger partial charge >= 0.3 is 5.97 Å². The number of carbonyl (C=O) groups is 1. The van der Waals surface area contributed by atoms with Gasteiger partial charge in [0.15, 0.2) is 5.16 Å². The van der Waals surface area contributed by atoms with Crippen molar-refractivity contribution in [2.24, 2.45) is 0 Å². The Balaban J connectivity index is 2.47. The van der Waals surface area contributed by atoms with E-state index in [-0.39, 0.29) is 11.4 Å². The van der Waals surface area contributed by atoms with Crippen molar-refractivity contribution < 1.29 is 18.7 Å². The van der Waals surface area contributed by atoms with Crippen LogP contribution in [0.3, 0.4) is 0 Å². The van der Waals surface area contributed by atoms with Gasteiger partial charge in [0.05, 0.1) is 11.4 Å². The first-order chi connectivity index (χ1) is 9.52. The lowest BCUT2D eigenvalue weighted by molar-refractivity contribution is -0.133. The van der Waals surface area contributed by atoms with E-state index < -0.39 is 17.6 Å². The fraction of sp³-hybridized carbons (Fsp3) is 0.231. The van der Waals surface area contributed by atoms with Crippen molar-refractivity contribution in [3.05, 3.63) is 41.7 Å². The molecule has 1 N–H and O–H groups in total. The van der Waals surface area contributed by atoms with Crippen LogP contribution >= 0.6 is 11.8 Å². The molecule has 7 heteroatoms. The number of aromatic nitrogens is 2. The van der Waals surface area contributed by atoms with Crippen molar-refractivity contribution in [2.75, 3.05) is 5.75 Å². The van der Waals surface area contributed by atoms with Gasteiger partial charge in [-0.1, -0.05) is 18.7 Å². The van der Waals surface area contributed by atoms with Gasteiger partial charge in [-0.2, -0.15) is 0 Å². The zero-order valence-corrected chi connectivity index (χ0v) is 11.5. The lowest BCUT2D eigenvalue weighted by Crippen LogP contribution is -2.06. The fourth-order valence-corrected chi connectivity index (χ4v) is 2.49. The van der Waals surface area contributed by atoms with Crippen LogP contribution in [0.5, 0.6) is 0 Å². The molecule has 0 atom stereocenters. The third kappa shape index (κ3) is 2.98. The number of rotatable bonds is 5. The molecule has 0 radical (unpaired) electrons. The second-order valence-electron chi connectivity index (χ2n) is 4.00. The molecule has 1 heterocycles. The van der Waals surface area contributed by atoms with E-state index in [0.717, 1.165) is 29.6 Å². The van der Waals surface area contributed by atoms with Gasteiger partial charge in [-0.05, 0) is 18.6 Å². The zero-order chi connectivity index (χ0) is 14.7. The summed E-state index contributed by atoms with van der Waals surface area (Å²) in [7, 11) is 0. The topological polar surface area (TPSA) is 55.1 Å². The average Bonchev–Trinajstić information content (AvgIpc) is 2.79. The van der Waals surface area contributed by atoms with Gasteiger partial charge in [0, 0.05) is 18.0 Å². The monoisotopic (exact) mass is 298 g/mol. The molecule has 0 saturated carbocycles. The Bertz CT molecular complexity index is 643. The smallest absolute Gasteiger partial charge is 0.313 e. The number of aryl methyl sites for hydroxylation is 1. The molecule has 2 rings (SSSR count). The molecular formula is C13H12F2N2O2S. The Labute approximate surface area is 118 Å². The molecule has 1 aromatic heterocycles. The van der Waals surface area contributed by atoms with Crippen LogP contribution in [0, 0.1) is 11.6 Å². The van der Waals surface area contributed by atoms with E-state index in [1.807, 2.05) is 6.92 Å². The minimum atomic E-state index is -0.984. The molecule has 20 heavy (non-hydrogen) atoms. The second-order valence-corrected chi connectivity index (χ2v) is 4.94. The van der Waals surface area contributed by atoms with Gasteiger partial charge < -0.3 is 5.11 Å². The molecule has 0 fully saturated rings. The Morgan fingerprint density at radius 1 is 1.45 bits per heavy atom. The molecule has 0 aliphatic rings. The molecule has 0 unspecified atom stereocenters. The highest BCUT2D eigenvalue weighted by Crippen LogP contribution is 2.25. The van der Waals surface area contributed by atoms with Crippen molar-refractivity contribution in [3.8, 4) is 5.69 Å². The van der Waals surface area contributed by atoms with Crippen LogP contribution in [0.1, 0.15) is 12.6 Å². The van der Waals surface area contributed by atoms with E-state index in [4.69, 9.17) is 5.11 Å². The molecular weight excluding hydrogens is 286 g/mol. The Morgan fingerprint density at radius 2 is 2.20 bits per heavy atom. The predicted octanol–water partition coefficient (Wildman–Crippen LogP) is 2.89. The van der Waals surface area contributed by atoms with Crippen LogP contribution < -0.4 is 0 Å². The SMILES string of the molecule is CCc1cnc(SCC(=O)O)n1-c1ccc(F)cc1F. The number of imidazole rings is 1. The van der Waals surface area contributed by atoms with Crippen LogP contribution in [-0.2, 0) is 11.2 Å². The summed E-state index contributed by atoms with van der Waals surface area (Å²) in [6.07, 6.45) is 2.16. The molecule has 0 aliphatic heterocycles. The highest BCUT2D eigenvalue weighted by molar-refractivity contribution is 7.99. The Hall–Kier alpha value is -1.89. The summed E-state index contributed by atoms with van der Waals surface area (Å²) < 4.78 is 28.4. The van der Waals surface area contributed by atoms with Crippen LogP contribution in [0.15, 0.2) is 29.6 Å². The third-order valence-electron chi connectivity index (χ3n) is 2.64. The summed E-state index contributed by atoms with van der Waals surface area (Å²) in [4.78, 5) is 14.7. The van der Waals surface area contributed by atoms with Gasteiger partial charge in [-0.15, -0.1) is 0 Å². The minimum absolute atomic E-state index is 0.161. The van der Waals surface area contributed by atoms with E-state index in [9.17, 15) is 13.6 Å². The number of thioether (sulfide) groups is 1. The van der Waals surface area contributed by atoms with Crippen LogP contribution in [0.2, 0.25) is 0 Å². The number of halogens is 2. The van der Waals surface area contributed by atoms with Crippen LogP contribution in [-0.4, -0.2) is 26.4 Å². The van der Waals surface area contributed by atoms with E-state index in [0.29, 0.717) is 11.6 Å². The fourth-order valence-electron chi connectivity index (χ4n) is 1.77. The number of nitrogens with zero attached hydrogens (tertiary/aromatic N) is 2. The molecule has 2 aromatic rings. The first kappa shape index (κ1) is 14.5. The number of carboxylic acid groups (broad SMARTS) is 1. The van der Waals surface area contributed by atoms with Crippen LogP contribution in [0.25, 0.3) is 5.69 Å². The maximum absolute atomic E-state index is 13.9. The van der Waals surface area contributed by atoms with Gasteiger partial charge in [-0.3, -0.25) is 9.36 Å². The minimum Gasteiger partial charge on any atom is -0.481 e. The lowest BCUT2D eigenvalue weighted by Gasteiger charge is -2.11. The summed E-state index contributed by atoms with van der Waals surface area (Å²) in [5.41, 5.74) is 0.886. The summed E-state index contributed by atoms with van der Waals surface area (Å²) in [6, 6.07) is 3.26. The van der Waals surface area contributed by atoms with Gasteiger partial charge in [0.25, 0.3) is 0 Å². The molecule has 4 nitrogen and oxygen atoms in total. The number of benzene rings is 1. The van der Waals surface area contributed by atoms with E-state index >= 15 is 0 Å². The molecule has 0 saturated heterocycles. The van der Waals surface area contributed by atoms with Crippen molar-refractivity contribution >= 4 is 17.7 Å². The van der Waals surface area contributed by atoms with Crippen molar-refractivity contribution in [1.29, 1.82) is 0 Å². The predicted molar refractivity (Wildman–Crippen MR) is 71.2 cm³/mol. The summed E-state index contributed by atoms with van der Waals surface area (Å²) >= 11 is 0.991. The second kappa shape index (κ2) is 6.04. The Kier molecular flexibility index (Phi) is 4.39. The normalized spacial score (nSPS) is 10.8. The quantitative estimate of drug-likeness (QED) is 0.862. The van der Waals surface area contributed by atoms with Crippen molar-refractivity contribution in [2.45, 2.75) is 18.5 Å².